The molecule has 0 aliphatic heterocycles. The summed E-state index contributed by atoms with van der Waals surface area (Å²) < 4.78 is 40.2. The quantitative estimate of drug-likeness (QED) is 0.353. The fourth-order valence-electron chi connectivity index (χ4n) is 2.57. The van der Waals surface area contributed by atoms with Crippen molar-refractivity contribution in [3.05, 3.63) is 60.0 Å². The molecule has 4 rings (SSSR count). The fourth-order valence-corrected chi connectivity index (χ4v) is 3.28. The first-order valence-electron chi connectivity index (χ1n) is 8.94. The zero-order chi connectivity index (χ0) is 21.1. The van der Waals surface area contributed by atoms with Crippen LogP contribution in [0.1, 0.15) is 23.6 Å². The molecule has 7 nitrogen and oxygen atoms in total. The van der Waals surface area contributed by atoms with Crippen molar-refractivity contribution in [2.45, 2.75) is 30.9 Å². The molecule has 1 atom stereocenters. The molecule has 1 unspecified atom stereocenters. The van der Waals surface area contributed by atoms with Crippen molar-refractivity contribution in [3.8, 4) is 28.7 Å². The van der Waals surface area contributed by atoms with Gasteiger partial charge in [-0.05, 0) is 50.2 Å². The highest BCUT2D eigenvalue weighted by Crippen LogP contribution is 2.35. The Hall–Kier alpha value is -3.27. The number of thioether (sulfide) groups is 1. The van der Waals surface area contributed by atoms with Crippen LogP contribution in [0.2, 0.25) is 0 Å². The minimum atomic E-state index is -2.88. The Morgan fingerprint density at radius 2 is 1.43 bits per heavy atom. The van der Waals surface area contributed by atoms with Gasteiger partial charge in [0.15, 0.2) is 0 Å². The van der Waals surface area contributed by atoms with E-state index in [1.54, 1.807) is 12.1 Å². The van der Waals surface area contributed by atoms with Crippen molar-refractivity contribution in [1.82, 2.24) is 20.4 Å². The topological polar surface area (TPSA) is 87.1 Å². The maximum atomic E-state index is 12.2. The van der Waals surface area contributed by atoms with Gasteiger partial charge in [-0.15, -0.1) is 20.4 Å². The van der Waals surface area contributed by atoms with E-state index in [1.807, 2.05) is 38.1 Å². The predicted octanol–water partition coefficient (Wildman–Crippen LogP) is 5.55. The number of alkyl halides is 2. The van der Waals surface area contributed by atoms with Crippen molar-refractivity contribution in [2.75, 3.05) is 0 Å². The normalized spacial score (nSPS) is 12.3. The summed E-state index contributed by atoms with van der Waals surface area (Å²) in [5.74, 6) is 1.19. The van der Waals surface area contributed by atoms with Crippen LogP contribution in [0, 0.1) is 6.92 Å². The lowest BCUT2D eigenvalue weighted by atomic mass is 10.1. The highest BCUT2D eigenvalue weighted by Gasteiger charge is 2.20. The van der Waals surface area contributed by atoms with Gasteiger partial charge < -0.3 is 13.6 Å². The first kappa shape index (κ1) is 20.0. The predicted molar refractivity (Wildman–Crippen MR) is 105 cm³/mol. The van der Waals surface area contributed by atoms with Crippen LogP contribution in [-0.2, 0) is 0 Å². The van der Waals surface area contributed by atoms with Gasteiger partial charge in [-0.25, -0.2) is 0 Å². The number of halogens is 2. The van der Waals surface area contributed by atoms with E-state index in [-0.39, 0.29) is 16.9 Å². The summed E-state index contributed by atoms with van der Waals surface area (Å²) in [6.07, 6.45) is 0. The molecule has 10 heteroatoms. The summed E-state index contributed by atoms with van der Waals surface area (Å²) in [5.41, 5.74) is 2.57. The molecule has 0 amide bonds. The second-order valence-corrected chi connectivity index (χ2v) is 7.64. The first-order chi connectivity index (χ1) is 14.5. The van der Waals surface area contributed by atoms with Gasteiger partial charge in [0.05, 0.1) is 5.25 Å². The molecule has 154 valence electrons. The number of hydrogen-bond donors (Lipinski definition) is 0. The Bertz CT molecular complexity index is 1110. The number of hydrogen-bond acceptors (Lipinski definition) is 8. The van der Waals surface area contributed by atoms with Gasteiger partial charge in [0.25, 0.3) is 5.22 Å². The average molecular weight is 430 g/mol. The fraction of sp³-hybridized carbons (Fsp3) is 0.200. The summed E-state index contributed by atoms with van der Waals surface area (Å²) in [5, 5.41) is 16.3. The number of nitrogens with zero attached hydrogens (tertiary/aromatic N) is 4. The maximum absolute atomic E-state index is 12.2. The van der Waals surface area contributed by atoms with Crippen LogP contribution < -0.4 is 4.74 Å². The molecule has 0 saturated carbocycles. The molecule has 0 bridgehead atoms. The number of aromatic nitrogens is 4. The average Bonchev–Trinajstić information content (AvgIpc) is 3.39. The summed E-state index contributed by atoms with van der Waals surface area (Å²) in [6, 6.07) is 13.7. The molecule has 0 aliphatic carbocycles. The molecule has 2 aromatic carbocycles. The van der Waals surface area contributed by atoms with Crippen LogP contribution in [0.5, 0.6) is 5.75 Å². The number of aryl methyl sites for hydroxylation is 1. The second-order valence-electron chi connectivity index (χ2n) is 6.35. The number of ether oxygens (including phenoxy) is 1. The van der Waals surface area contributed by atoms with E-state index < -0.39 is 6.61 Å². The van der Waals surface area contributed by atoms with E-state index in [0.29, 0.717) is 22.6 Å². The van der Waals surface area contributed by atoms with Crippen LogP contribution in [0.3, 0.4) is 0 Å². The third-order valence-electron chi connectivity index (χ3n) is 4.10. The molecule has 0 N–H and O–H groups in total. The summed E-state index contributed by atoms with van der Waals surface area (Å²) >= 11 is 1.27. The minimum absolute atomic E-state index is 0.0530. The molecule has 4 aromatic rings. The van der Waals surface area contributed by atoms with Gasteiger partial charge in [0.1, 0.15) is 5.75 Å². The zero-order valence-corrected chi connectivity index (χ0v) is 16.8. The van der Waals surface area contributed by atoms with Crippen LogP contribution in [0.15, 0.2) is 62.6 Å². The maximum Gasteiger partial charge on any atom is 0.387 e. The van der Waals surface area contributed by atoms with Crippen molar-refractivity contribution >= 4 is 11.8 Å². The molecule has 0 aliphatic rings. The highest BCUT2D eigenvalue weighted by atomic mass is 32.2. The Kier molecular flexibility index (Phi) is 5.75. The second kappa shape index (κ2) is 8.62. The highest BCUT2D eigenvalue weighted by molar-refractivity contribution is 7.99. The van der Waals surface area contributed by atoms with Crippen LogP contribution >= 0.6 is 11.8 Å². The number of rotatable bonds is 7. The molecular formula is C20H16F2N4O3S. The summed E-state index contributed by atoms with van der Waals surface area (Å²) in [6.45, 7) is 1.02. The lowest BCUT2D eigenvalue weighted by Crippen LogP contribution is -2.01. The van der Waals surface area contributed by atoms with E-state index >= 15 is 0 Å². The van der Waals surface area contributed by atoms with Crippen LogP contribution in [-0.4, -0.2) is 27.0 Å². The third-order valence-corrected chi connectivity index (χ3v) is 5.02. The monoisotopic (exact) mass is 430 g/mol. The van der Waals surface area contributed by atoms with Gasteiger partial charge >= 0.3 is 6.61 Å². The molecule has 2 aromatic heterocycles. The molecule has 0 fully saturated rings. The summed E-state index contributed by atoms with van der Waals surface area (Å²) in [4.78, 5) is 0. The van der Waals surface area contributed by atoms with E-state index in [4.69, 9.17) is 8.83 Å². The van der Waals surface area contributed by atoms with Crippen molar-refractivity contribution in [1.29, 1.82) is 0 Å². The minimum Gasteiger partial charge on any atom is -0.435 e. The van der Waals surface area contributed by atoms with Crippen LogP contribution in [0.4, 0.5) is 8.78 Å². The molecule has 30 heavy (non-hydrogen) atoms. The Labute approximate surface area is 174 Å². The SMILES string of the molecule is Cc1ccc(-c2nnc(C(C)Sc3nnc(-c4ccc(OC(F)F)cc4)o3)o2)cc1. The largest absolute Gasteiger partial charge is 0.435 e. The van der Waals surface area contributed by atoms with Crippen molar-refractivity contribution in [3.63, 3.8) is 0 Å². The van der Waals surface area contributed by atoms with Gasteiger partial charge in [0.2, 0.25) is 17.7 Å². The van der Waals surface area contributed by atoms with Crippen LogP contribution in [0.25, 0.3) is 22.9 Å². The molecule has 0 saturated heterocycles. The van der Waals surface area contributed by atoms with E-state index in [1.165, 1.54) is 23.9 Å². The zero-order valence-electron chi connectivity index (χ0n) is 16.0. The van der Waals surface area contributed by atoms with Gasteiger partial charge in [-0.1, -0.05) is 29.5 Å². The van der Waals surface area contributed by atoms with E-state index in [9.17, 15) is 8.78 Å². The Morgan fingerprint density at radius 3 is 2.10 bits per heavy atom. The Balaban J connectivity index is 1.43. The first-order valence-corrected chi connectivity index (χ1v) is 9.82. The van der Waals surface area contributed by atoms with Gasteiger partial charge in [-0.2, -0.15) is 8.78 Å². The molecule has 0 radical (unpaired) electrons. The number of benzene rings is 2. The molecule has 2 heterocycles. The lowest BCUT2D eigenvalue weighted by Gasteiger charge is -2.04. The molecular weight excluding hydrogens is 414 g/mol. The van der Waals surface area contributed by atoms with E-state index in [2.05, 4.69) is 25.1 Å². The van der Waals surface area contributed by atoms with Gasteiger partial charge in [-0.3, -0.25) is 0 Å². The van der Waals surface area contributed by atoms with E-state index in [0.717, 1.165) is 11.1 Å². The summed E-state index contributed by atoms with van der Waals surface area (Å²) in [7, 11) is 0. The van der Waals surface area contributed by atoms with Crippen molar-refractivity contribution in [2.24, 2.45) is 0 Å². The standard InChI is InChI=1S/C20H16F2N4O3S/c1-11-3-5-13(6-4-11)17-24-23-16(28-17)12(2)30-20-26-25-18(29-20)14-7-9-15(10-8-14)27-19(21)22/h3-10,12,19H,1-2H3. The van der Waals surface area contributed by atoms with Crippen molar-refractivity contribution < 1.29 is 22.4 Å². The van der Waals surface area contributed by atoms with Gasteiger partial charge in [0, 0.05) is 11.1 Å². The smallest absolute Gasteiger partial charge is 0.387 e. The Morgan fingerprint density at radius 1 is 0.833 bits per heavy atom. The lowest BCUT2D eigenvalue weighted by molar-refractivity contribution is -0.0498. The third kappa shape index (κ3) is 4.65. The molecule has 0 spiro atoms.